The number of rotatable bonds is 19. The first-order valence-electron chi connectivity index (χ1n) is 20.0. The van der Waals surface area contributed by atoms with Crippen LogP contribution in [0.2, 0.25) is 0 Å². The summed E-state index contributed by atoms with van der Waals surface area (Å²) in [5.41, 5.74) is 0.966. The summed E-state index contributed by atoms with van der Waals surface area (Å²) in [5, 5.41) is 10.9. The minimum Gasteiger partial charge on any atom is -0.455 e. The quantitative estimate of drug-likeness (QED) is 0.0996. The molecule has 3 fully saturated rings. The van der Waals surface area contributed by atoms with E-state index in [1.165, 1.54) is 4.90 Å². The number of hydrogen-bond acceptors (Lipinski definition) is 8. The summed E-state index contributed by atoms with van der Waals surface area (Å²) >= 11 is 3.78. The summed E-state index contributed by atoms with van der Waals surface area (Å²) in [6, 6.07) is 14.6. The van der Waals surface area contributed by atoms with Gasteiger partial charge in [-0.05, 0) is 69.4 Å². The van der Waals surface area contributed by atoms with Gasteiger partial charge in [-0.1, -0.05) is 78.7 Å². The van der Waals surface area contributed by atoms with E-state index >= 15 is 9.59 Å². The van der Waals surface area contributed by atoms with E-state index in [2.05, 4.69) is 47.8 Å². The number of aliphatic hydroxyl groups excluding tert-OH is 1. The SMILES string of the molecule is C=CCCC(=O)N(C)[C@@H](C)[C@@H](OC(=O)[C@H]1[C@@H]2O[C@@]3(CC2Br)[C@@H]1C(=O)N([C@@H](CO)[C@@H](C)CC)[C@@H]3C(=O)N(CC=C)c1ccc(N(CC)CC)cc1)c1ccccc1. The average Bonchev–Trinajstić information content (AvgIpc) is 3.81. The number of fused-ring (bicyclic) bond motifs is 1. The number of carbonyl (C=O) groups excluding carboxylic acids is 4. The van der Waals surface area contributed by atoms with Crippen molar-refractivity contribution in [1.29, 1.82) is 0 Å². The van der Waals surface area contributed by atoms with Crippen LogP contribution >= 0.6 is 15.9 Å². The Balaban J connectivity index is 1.56. The number of alkyl halides is 1. The highest BCUT2D eigenvalue weighted by Crippen LogP contribution is 2.61. The Labute approximate surface area is 340 Å². The Morgan fingerprint density at radius 1 is 1.04 bits per heavy atom. The van der Waals surface area contributed by atoms with Crippen LogP contribution in [0.4, 0.5) is 11.4 Å². The van der Waals surface area contributed by atoms with Gasteiger partial charge in [-0.25, -0.2) is 0 Å². The minimum atomic E-state index is -1.39. The third-order valence-electron chi connectivity index (χ3n) is 12.3. The minimum absolute atomic E-state index is 0.119. The number of benzene rings is 2. The van der Waals surface area contributed by atoms with Crippen LogP contribution < -0.4 is 9.80 Å². The number of anilines is 2. The lowest BCUT2D eigenvalue weighted by Crippen LogP contribution is -2.60. The van der Waals surface area contributed by atoms with Crippen molar-refractivity contribution in [1.82, 2.24) is 9.80 Å². The molecular weight excluding hydrogens is 776 g/mol. The molecule has 2 bridgehead atoms. The van der Waals surface area contributed by atoms with Crippen molar-refractivity contribution in [3.8, 4) is 0 Å². The van der Waals surface area contributed by atoms with Crippen LogP contribution in [0.5, 0.6) is 0 Å². The van der Waals surface area contributed by atoms with E-state index in [1.807, 2.05) is 75.4 Å². The Morgan fingerprint density at radius 2 is 1.68 bits per heavy atom. The molecule has 0 aliphatic carbocycles. The molecule has 3 amide bonds. The molecule has 3 saturated heterocycles. The first kappa shape index (κ1) is 43.1. The number of likely N-dealkylation sites (N-methyl/N-ethyl adjacent to an activating group) is 1. The maximum Gasteiger partial charge on any atom is 0.313 e. The highest BCUT2D eigenvalue weighted by molar-refractivity contribution is 9.09. The fraction of sp³-hybridized carbons (Fsp3) is 0.545. The zero-order valence-corrected chi connectivity index (χ0v) is 35.3. The van der Waals surface area contributed by atoms with Crippen molar-refractivity contribution in [2.75, 3.05) is 43.1 Å². The lowest BCUT2D eigenvalue weighted by atomic mass is 9.70. The molecule has 3 heterocycles. The summed E-state index contributed by atoms with van der Waals surface area (Å²) in [5.74, 6) is -3.82. The van der Waals surface area contributed by atoms with Crippen LogP contribution in [0.3, 0.4) is 0 Å². The number of ether oxygens (including phenoxy) is 2. The Bertz CT molecular complexity index is 1720. The smallest absolute Gasteiger partial charge is 0.313 e. The Kier molecular flexibility index (Phi) is 14.3. The fourth-order valence-corrected chi connectivity index (χ4v) is 9.89. The van der Waals surface area contributed by atoms with Gasteiger partial charge in [-0.2, -0.15) is 0 Å². The molecular formula is C44H59BrN4O7. The number of likely N-dealkylation sites (tertiary alicyclic amines) is 1. The van der Waals surface area contributed by atoms with E-state index in [9.17, 15) is 14.7 Å². The summed E-state index contributed by atoms with van der Waals surface area (Å²) in [6.45, 7) is 19.1. The molecule has 3 aliphatic heterocycles. The fourth-order valence-electron chi connectivity index (χ4n) is 8.94. The van der Waals surface area contributed by atoms with Gasteiger partial charge >= 0.3 is 5.97 Å². The third-order valence-corrected chi connectivity index (χ3v) is 13.2. The number of aliphatic hydroxyl groups is 1. The molecule has 10 atom stereocenters. The van der Waals surface area contributed by atoms with Gasteiger partial charge in [0.1, 0.15) is 17.7 Å². The second kappa shape index (κ2) is 18.5. The lowest BCUT2D eigenvalue weighted by molar-refractivity contribution is -0.165. The Morgan fingerprint density at radius 3 is 2.25 bits per heavy atom. The molecule has 304 valence electrons. The predicted octanol–water partition coefficient (Wildman–Crippen LogP) is 6.30. The van der Waals surface area contributed by atoms with E-state index in [-0.39, 0.29) is 42.1 Å². The highest BCUT2D eigenvalue weighted by atomic mass is 79.9. The highest BCUT2D eigenvalue weighted by Gasteiger charge is 2.78. The van der Waals surface area contributed by atoms with Crippen molar-refractivity contribution in [2.24, 2.45) is 17.8 Å². The molecule has 5 rings (SSSR count). The number of esters is 1. The molecule has 1 N–H and O–H groups in total. The number of carbonyl (C=O) groups is 4. The van der Waals surface area contributed by atoms with Gasteiger partial charge in [0.05, 0.1) is 36.6 Å². The van der Waals surface area contributed by atoms with E-state index in [0.29, 0.717) is 30.5 Å². The standard InChI is InChI=1S/C44H59BrN4O7/c1-9-14-20-35(51)46(8)29(7)38(30-18-16-15-17-19-30)55-43(54)36-37-41(52)49(34(27-50)28(6)11-3)40(44(37)26-33(45)39(36)56-44)42(53)48(25-10-2)32-23-21-31(22-24-32)47(12-4)13-5/h9-10,15-19,21-24,28-29,33-34,36-40,50H,1-2,11-14,20,25-27H2,3-8H3/t28-,29-,33?,34-,36+,37-,38+,39+,40+,44-/m0/s1. The van der Waals surface area contributed by atoms with Crippen molar-refractivity contribution in [3.63, 3.8) is 0 Å². The number of hydrogen-bond donors (Lipinski definition) is 1. The molecule has 2 aromatic rings. The van der Waals surface area contributed by atoms with Crippen molar-refractivity contribution in [3.05, 3.63) is 85.5 Å². The molecule has 1 spiro atoms. The molecule has 12 heteroatoms. The van der Waals surface area contributed by atoms with Gasteiger partial charge in [-0.3, -0.25) is 19.2 Å². The largest absolute Gasteiger partial charge is 0.455 e. The van der Waals surface area contributed by atoms with Crippen molar-refractivity contribution in [2.45, 2.75) is 101 Å². The van der Waals surface area contributed by atoms with Crippen LogP contribution in [-0.2, 0) is 28.7 Å². The second-order valence-electron chi connectivity index (χ2n) is 15.3. The first-order valence-corrected chi connectivity index (χ1v) is 20.9. The zero-order valence-electron chi connectivity index (χ0n) is 33.7. The predicted molar refractivity (Wildman–Crippen MR) is 222 cm³/mol. The van der Waals surface area contributed by atoms with E-state index < -0.39 is 59.6 Å². The topological polar surface area (TPSA) is 120 Å². The first-order chi connectivity index (χ1) is 26.8. The molecule has 11 nitrogen and oxygen atoms in total. The molecule has 0 radical (unpaired) electrons. The molecule has 56 heavy (non-hydrogen) atoms. The van der Waals surface area contributed by atoms with Crippen molar-refractivity contribution < 1.29 is 33.8 Å². The van der Waals surface area contributed by atoms with Crippen LogP contribution in [0.15, 0.2) is 79.9 Å². The lowest BCUT2D eigenvalue weighted by Gasteiger charge is -2.41. The van der Waals surface area contributed by atoms with E-state index in [1.54, 1.807) is 29.0 Å². The molecule has 0 aromatic heterocycles. The number of allylic oxidation sites excluding steroid dienone is 1. The van der Waals surface area contributed by atoms with Crippen molar-refractivity contribution >= 4 is 51.0 Å². The Hall–Kier alpha value is -4.00. The van der Waals surface area contributed by atoms with Gasteiger partial charge in [0, 0.05) is 49.3 Å². The summed E-state index contributed by atoms with van der Waals surface area (Å²) in [7, 11) is 1.69. The van der Waals surface area contributed by atoms with E-state index in [4.69, 9.17) is 9.47 Å². The van der Waals surface area contributed by atoms with Gasteiger partial charge in [0.15, 0.2) is 0 Å². The summed E-state index contributed by atoms with van der Waals surface area (Å²) in [4.78, 5) is 64.8. The molecule has 0 saturated carbocycles. The van der Waals surface area contributed by atoms with Gasteiger partial charge < -0.3 is 34.2 Å². The third kappa shape index (κ3) is 7.94. The summed E-state index contributed by atoms with van der Waals surface area (Å²) < 4.78 is 13.3. The zero-order chi connectivity index (χ0) is 40.9. The van der Waals surface area contributed by atoms with Crippen LogP contribution in [0, 0.1) is 17.8 Å². The summed E-state index contributed by atoms with van der Waals surface area (Å²) in [6.07, 6.45) is 3.43. The maximum absolute atomic E-state index is 15.3. The number of amides is 3. The monoisotopic (exact) mass is 834 g/mol. The van der Waals surface area contributed by atoms with Gasteiger partial charge in [0.2, 0.25) is 11.8 Å². The molecule has 3 aliphatic rings. The number of nitrogens with zero attached hydrogens (tertiary/aromatic N) is 4. The average molecular weight is 836 g/mol. The van der Waals surface area contributed by atoms with Gasteiger partial charge in [-0.15, -0.1) is 13.2 Å². The van der Waals surface area contributed by atoms with Crippen LogP contribution in [0.1, 0.15) is 72.0 Å². The second-order valence-corrected chi connectivity index (χ2v) is 16.5. The van der Waals surface area contributed by atoms with Crippen LogP contribution in [0.25, 0.3) is 0 Å². The number of halogens is 1. The normalized spacial score (nSPS) is 25.8. The molecule has 2 aromatic carbocycles. The van der Waals surface area contributed by atoms with E-state index in [0.717, 1.165) is 18.8 Å². The molecule has 1 unspecified atom stereocenters. The van der Waals surface area contributed by atoms with Crippen LogP contribution in [-0.4, -0.2) is 107 Å². The maximum atomic E-state index is 15.3. The van der Waals surface area contributed by atoms with Gasteiger partial charge in [0.25, 0.3) is 5.91 Å².